The van der Waals surface area contributed by atoms with Crippen LogP contribution in [0.15, 0.2) is 72.8 Å². The predicted molar refractivity (Wildman–Crippen MR) is 97.4 cm³/mol. The number of ether oxygens (including phenoxy) is 1. The highest BCUT2D eigenvalue weighted by Crippen LogP contribution is 2.26. The number of carbonyl (C=O) groups is 1. The molecule has 2 heteroatoms. The molecule has 0 heterocycles. The molecule has 0 aliphatic rings. The summed E-state index contributed by atoms with van der Waals surface area (Å²) in [7, 11) is 0. The van der Waals surface area contributed by atoms with E-state index in [-0.39, 0.29) is 5.78 Å². The van der Waals surface area contributed by atoms with Gasteiger partial charge in [-0.25, -0.2) is 0 Å². The largest absolute Gasteiger partial charge is 0.489 e. The van der Waals surface area contributed by atoms with Gasteiger partial charge < -0.3 is 4.74 Å². The maximum Gasteiger partial charge on any atom is 0.160 e. The van der Waals surface area contributed by atoms with Gasteiger partial charge in [0.2, 0.25) is 0 Å². The van der Waals surface area contributed by atoms with E-state index in [1.165, 1.54) is 0 Å². The van der Waals surface area contributed by atoms with Crippen LogP contribution in [0.4, 0.5) is 0 Å². The fraction of sp³-hybridized carbons (Fsp3) is 0.136. The quantitative estimate of drug-likeness (QED) is 0.586. The molecule has 0 aliphatic heterocycles. The van der Waals surface area contributed by atoms with Crippen LogP contribution in [0.5, 0.6) is 5.75 Å². The minimum atomic E-state index is 0.0887. The topological polar surface area (TPSA) is 26.3 Å². The summed E-state index contributed by atoms with van der Waals surface area (Å²) < 4.78 is 5.89. The standard InChI is InChI=1S/C22H20O2/c1-16-11-12-20(14-22(16)17(2)23)19-9-6-10-21(13-19)24-15-18-7-4-3-5-8-18/h3-14H,15H2,1-2H3. The van der Waals surface area contributed by atoms with E-state index in [2.05, 4.69) is 0 Å². The molecule has 3 aromatic carbocycles. The van der Waals surface area contributed by atoms with E-state index < -0.39 is 0 Å². The summed E-state index contributed by atoms with van der Waals surface area (Å²) in [6.45, 7) is 4.10. The van der Waals surface area contributed by atoms with Crippen molar-refractivity contribution < 1.29 is 9.53 Å². The first kappa shape index (κ1) is 16.0. The molecule has 0 atom stereocenters. The Morgan fingerprint density at radius 2 is 1.62 bits per heavy atom. The lowest BCUT2D eigenvalue weighted by atomic mass is 9.98. The van der Waals surface area contributed by atoms with E-state index in [0.29, 0.717) is 6.61 Å². The number of Topliss-reactive ketones (excluding diaryl/α,β-unsaturated/α-hetero) is 1. The SMILES string of the molecule is CC(=O)c1cc(-c2cccc(OCc3ccccc3)c2)ccc1C. The summed E-state index contributed by atoms with van der Waals surface area (Å²) in [4.78, 5) is 11.8. The molecule has 0 saturated heterocycles. The first-order chi connectivity index (χ1) is 11.6. The van der Waals surface area contributed by atoms with Gasteiger partial charge in [0.1, 0.15) is 12.4 Å². The number of carbonyl (C=O) groups excluding carboxylic acids is 1. The zero-order chi connectivity index (χ0) is 16.9. The molecule has 0 aliphatic carbocycles. The summed E-state index contributed by atoms with van der Waals surface area (Å²) in [6, 6.07) is 24.0. The van der Waals surface area contributed by atoms with Gasteiger partial charge in [0.05, 0.1) is 0 Å². The fourth-order valence-electron chi connectivity index (χ4n) is 2.69. The molecule has 0 bridgehead atoms. The summed E-state index contributed by atoms with van der Waals surface area (Å²) >= 11 is 0. The molecule has 0 unspecified atom stereocenters. The molecule has 0 aromatic heterocycles. The molecule has 0 amide bonds. The summed E-state index contributed by atoms with van der Waals surface area (Å²) in [5.74, 6) is 0.909. The van der Waals surface area contributed by atoms with Crippen molar-refractivity contribution in [3.8, 4) is 16.9 Å². The second kappa shape index (κ2) is 7.14. The molecule has 120 valence electrons. The van der Waals surface area contributed by atoms with E-state index >= 15 is 0 Å². The van der Waals surface area contributed by atoms with Crippen LogP contribution < -0.4 is 4.74 Å². The van der Waals surface area contributed by atoms with E-state index in [0.717, 1.165) is 33.6 Å². The smallest absolute Gasteiger partial charge is 0.160 e. The number of aryl methyl sites for hydroxylation is 1. The molecule has 0 N–H and O–H groups in total. The summed E-state index contributed by atoms with van der Waals surface area (Å²) in [6.07, 6.45) is 0. The maximum absolute atomic E-state index is 11.8. The number of benzene rings is 3. The molecule has 0 spiro atoms. The van der Waals surface area contributed by atoms with Crippen LogP contribution in [0.3, 0.4) is 0 Å². The van der Waals surface area contributed by atoms with E-state index in [1.54, 1.807) is 6.92 Å². The van der Waals surface area contributed by atoms with Crippen LogP contribution in [-0.2, 0) is 6.61 Å². The Labute approximate surface area is 142 Å². The van der Waals surface area contributed by atoms with Crippen molar-refractivity contribution >= 4 is 5.78 Å². The third-order valence-electron chi connectivity index (χ3n) is 4.03. The number of rotatable bonds is 5. The van der Waals surface area contributed by atoms with Crippen LogP contribution in [0, 0.1) is 6.92 Å². The highest BCUT2D eigenvalue weighted by Gasteiger charge is 2.07. The number of hydrogen-bond acceptors (Lipinski definition) is 2. The Bertz CT molecular complexity index is 851. The van der Waals surface area contributed by atoms with Crippen molar-refractivity contribution in [1.82, 2.24) is 0 Å². The van der Waals surface area contributed by atoms with Gasteiger partial charge in [-0.2, -0.15) is 0 Å². The number of hydrogen-bond donors (Lipinski definition) is 0. The molecule has 3 rings (SSSR count). The lowest BCUT2D eigenvalue weighted by Crippen LogP contribution is -1.97. The Kier molecular flexibility index (Phi) is 4.76. The molecular weight excluding hydrogens is 296 g/mol. The van der Waals surface area contributed by atoms with Gasteiger partial charge >= 0.3 is 0 Å². The number of ketones is 1. The molecule has 0 fully saturated rings. The van der Waals surface area contributed by atoms with E-state index in [9.17, 15) is 4.79 Å². The average Bonchev–Trinajstić information content (AvgIpc) is 2.61. The Morgan fingerprint density at radius 1 is 0.875 bits per heavy atom. The van der Waals surface area contributed by atoms with Gasteiger partial charge in [-0.15, -0.1) is 0 Å². The Morgan fingerprint density at radius 3 is 2.38 bits per heavy atom. The van der Waals surface area contributed by atoms with Crippen molar-refractivity contribution in [2.24, 2.45) is 0 Å². The zero-order valence-corrected chi connectivity index (χ0v) is 14.0. The first-order valence-corrected chi connectivity index (χ1v) is 8.02. The van der Waals surface area contributed by atoms with Crippen LogP contribution in [0.1, 0.15) is 28.4 Å². The monoisotopic (exact) mass is 316 g/mol. The van der Waals surface area contributed by atoms with Crippen molar-refractivity contribution in [2.75, 3.05) is 0 Å². The van der Waals surface area contributed by atoms with Crippen molar-refractivity contribution in [3.63, 3.8) is 0 Å². The van der Waals surface area contributed by atoms with Crippen LogP contribution in [-0.4, -0.2) is 5.78 Å². The fourth-order valence-corrected chi connectivity index (χ4v) is 2.69. The van der Waals surface area contributed by atoms with Crippen LogP contribution in [0.25, 0.3) is 11.1 Å². The van der Waals surface area contributed by atoms with Crippen molar-refractivity contribution in [3.05, 3.63) is 89.5 Å². The Hall–Kier alpha value is -2.87. The van der Waals surface area contributed by atoms with Gasteiger partial charge in [-0.05, 0) is 54.3 Å². The van der Waals surface area contributed by atoms with E-state index in [4.69, 9.17) is 4.74 Å². The highest BCUT2D eigenvalue weighted by atomic mass is 16.5. The van der Waals surface area contributed by atoms with Crippen LogP contribution >= 0.6 is 0 Å². The highest BCUT2D eigenvalue weighted by molar-refractivity contribution is 5.96. The predicted octanol–water partition coefficient (Wildman–Crippen LogP) is 5.44. The molecular formula is C22H20O2. The molecule has 3 aromatic rings. The van der Waals surface area contributed by atoms with E-state index in [1.807, 2.05) is 79.7 Å². The maximum atomic E-state index is 11.8. The summed E-state index contributed by atoms with van der Waals surface area (Å²) in [5.41, 5.74) is 4.97. The first-order valence-electron chi connectivity index (χ1n) is 8.02. The molecule has 2 nitrogen and oxygen atoms in total. The van der Waals surface area contributed by atoms with Crippen molar-refractivity contribution in [2.45, 2.75) is 20.5 Å². The second-order valence-electron chi connectivity index (χ2n) is 5.89. The van der Waals surface area contributed by atoms with Crippen molar-refractivity contribution in [1.29, 1.82) is 0 Å². The minimum Gasteiger partial charge on any atom is -0.489 e. The van der Waals surface area contributed by atoms with Gasteiger partial charge in [-0.1, -0.05) is 54.6 Å². The zero-order valence-electron chi connectivity index (χ0n) is 14.0. The molecule has 0 radical (unpaired) electrons. The Balaban J connectivity index is 1.83. The van der Waals surface area contributed by atoms with Gasteiger partial charge in [-0.3, -0.25) is 4.79 Å². The molecule has 0 saturated carbocycles. The third-order valence-corrected chi connectivity index (χ3v) is 4.03. The average molecular weight is 316 g/mol. The van der Waals surface area contributed by atoms with Gasteiger partial charge in [0, 0.05) is 5.56 Å². The third kappa shape index (κ3) is 3.72. The molecule has 24 heavy (non-hydrogen) atoms. The lowest BCUT2D eigenvalue weighted by Gasteiger charge is -2.10. The normalized spacial score (nSPS) is 10.4. The van der Waals surface area contributed by atoms with Gasteiger partial charge in [0.25, 0.3) is 0 Å². The van der Waals surface area contributed by atoms with Crippen LogP contribution in [0.2, 0.25) is 0 Å². The minimum absolute atomic E-state index is 0.0887. The van der Waals surface area contributed by atoms with Gasteiger partial charge in [0.15, 0.2) is 5.78 Å². The second-order valence-corrected chi connectivity index (χ2v) is 5.89. The summed E-state index contributed by atoms with van der Waals surface area (Å²) in [5, 5.41) is 0. The lowest BCUT2D eigenvalue weighted by molar-refractivity contribution is 0.101.